The molecular weight excluding hydrogens is 358 g/mol. The molecule has 2 aromatic carbocycles. The van der Waals surface area contributed by atoms with Crippen molar-refractivity contribution >= 4 is 16.9 Å². The minimum Gasteiger partial charge on any atom is -0.493 e. The molecule has 1 amide bonds. The number of nitrogens with zero attached hydrogens (tertiary/aromatic N) is 2. The first-order valence-corrected chi connectivity index (χ1v) is 9.20. The van der Waals surface area contributed by atoms with Gasteiger partial charge in [0.1, 0.15) is 5.82 Å². The molecule has 7 heteroatoms. The average molecular weight is 383 g/mol. The van der Waals surface area contributed by atoms with E-state index in [1.54, 1.807) is 32.4 Å². The maximum absolute atomic E-state index is 12.6. The van der Waals surface area contributed by atoms with Crippen LogP contribution in [-0.2, 0) is 17.8 Å². The Kier molecular flexibility index (Phi) is 6.49. The van der Waals surface area contributed by atoms with E-state index in [9.17, 15) is 4.79 Å². The molecule has 0 spiro atoms. The molecule has 7 nitrogen and oxygen atoms in total. The number of carbonyl (C=O) groups is 1. The Morgan fingerprint density at radius 2 is 1.89 bits per heavy atom. The summed E-state index contributed by atoms with van der Waals surface area (Å²) >= 11 is 0. The number of hydrogen-bond donors (Lipinski definition) is 1. The quantitative estimate of drug-likeness (QED) is 0.575. The molecule has 3 aromatic rings. The van der Waals surface area contributed by atoms with Crippen LogP contribution in [0.3, 0.4) is 0 Å². The summed E-state index contributed by atoms with van der Waals surface area (Å²) in [6.07, 6.45) is 0. The van der Waals surface area contributed by atoms with Gasteiger partial charge in [-0.15, -0.1) is 0 Å². The zero-order valence-electron chi connectivity index (χ0n) is 16.4. The number of amides is 1. The molecule has 0 aliphatic carbocycles. The van der Waals surface area contributed by atoms with Gasteiger partial charge in [0, 0.05) is 18.7 Å². The zero-order valence-corrected chi connectivity index (χ0v) is 16.4. The van der Waals surface area contributed by atoms with Gasteiger partial charge in [0.2, 0.25) is 0 Å². The number of rotatable bonds is 9. The fraction of sp³-hybridized carbons (Fsp3) is 0.333. The van der Waals surface area contributed by atoms with Crippen molar-refractivity contribution in [1.29, 1.82) is 0 Å². The van der Waals surface area contributed by atoms with Crippen molar-refractivity contribution in [1.82, 2.24) is 14.9 Å². The van der Waals surface area contributed by atoms with E-state index in [-0.39, 0.29) is 5.91 Å². The molecule has 0 aliphatic rings. The van der Waals surface area contributed by atoms with Crippen molar-refractivity contribution in [2.24, 2.45) is 0 Å². The zero-order chi connectivity index (χ0) is 19.9. The maximum Gasteiger partial charge on any atom is 0.251 e. The highest BCUT2D eigenvalue weighted by molar-refractivity contribution is 5.94. The van der Waals surface area contributed by atoms with Gasteiger partial charge in [-0.3, -0.25) is 4.79 Å². The summed E-state index contributed by atoms with van der Waals surface area (Å²) in [6.45, 7) is 4.21. The molecular formula is C21H25N3O4. The number of hydrogen-bond acceptors (Lipinski definition) is 5. The van der Waals surface area contributed by atoms with Gasteiger partial charge in [0.05, 0.1) is 38.4 Å². The Morgan fingerprint density at radius 3 is 2.64 bits per heavy atom. The molecule has 0 aliphatic heterocycles. The highest BCUT2D eigenvalue weighted by Crippen LogP contribution is 2.27. The summed E-state index contributed by atoms with van der Waals surface area (Å²) in [6, 6.07) is 13.0. The van der Waals surface area contributed by atoms with Crippen molar-refractivity contribution in [2.45, 2.75) is 20.0 Å². The molecule has 0 unspecified atom stereocenters. The molecule has 0 fully saturated rings. The van der Waals surface area contributed by atoms with E-state index in [1.807, 2.05) is 31.2 Å². The number of fused-ring (bicyclic) bond motifs is 1. The van der Waals surface area contributed by atoms with Crippen molar-refractivity contribution < 1.29 is 19.0 Å². The first-order chi connectivity index (χ1) is 13.7. The Morgan fingerprint density at radius 1 is 1.11 bits per heavy atom. The molecule has 1 heterocycles. The van der Waals surface area contributed by atoms with Crippen LogP contribution >= 0.6 is 0 Å². The van der Waals surface area contributed by atoms with Gasteiger partial charge in [-0.25, -0.2) is 4.98 Å². The largest absolute Gasteiger partial charge is 0.493 e. The Balaban J connectivity index is 1.77. The van der Waals surface area contributed by atoms with E-state index >= 15 is 0 Å². The van der Waals surface area contributed by atoms with E-state index in [1.165, 1.54) is 0 Å². The van der Waals surface area contributed by atoms with Crippen molar-refractivity contribution in [3.63, 3.8) is 0 Å². The smallest absolute Gasteiger partial charge is 0.251 e. The maximum atomic E-state index is 12.6. The lowest BCUT2D eigenvalue weighted by Crippen LogP contribution is -2.25. The van der Waals surface area contributed by atoms with Gasteiger partial charge in [-0.1, -0.05) is 12.1 Å². The molecule has 1 N–H and O–H groups in total. The second-order valence-electron chi connectivity index (χ2n) is 6.12. The topological polar surface area (TPSA) is 74.6 Å². The van der Waals surface area contributed by atoms with E-state index < -0.39 is 0 Å². The van der Waals surface area contributed by atoms with Crippen LogP contribution in [0, 0.1) is 0 Å². The monoisotopic (exact) mass is 383 g/mol. The number of aromatic nitrogens is 2. The van der Waals surface area contributed by atoms with Crippen molar-refractivity contribution in [3.05, 3.63) is 53.9 Å². The SMILES string of the molecule is CCOCCn1c(CNC(=O)c2ccc(OC)c(OC)c2)nc2ccccc21. The third-order valence-corrected chi connectivity index (χ3v) is 4.45. The molecule has 28 heavy (non-hydrogen) atoms. The summed E-state index contributed by atoms with van der Waals surface area (Å²) in [7, 11) is 3.10. The van der Waals surface area contributed by atoms with E-state index in [0.717, 1.165) is 16.9 Å². The second-order valence-corrected chi connectivity index (χ2v) is 6.12. The highest BCUT2D eigenvalue weighted by atomic mass is 16.5. The molecule has 0 bridgehead atoms. The number of nitrogens with one attached hydrogen (secondary N) is 1. The fourth-order valence-electron chi connectivity index (χ4n) is 3.05. The van der Waals surface area contributed by atoms with Gasteiger partial charge in [-0.05, 0) is 37.3 Å². The predicted octanol–water partition coefficient (Wildman–Crippen LogP) is 3.02. The van der Waals surface area contributed by atoms with Gasteiger partial charge < -0.3 is 24.1 Å². The summed E-state index contributed by atoms with van der Waals surface area (Å²) in [5.41, 5.74) is 2.42. The minimum absolute atomic E-state index is 0.204. The summed E-state index contributed by atoms with van der Waals surface area (Å²) in [5.74, 6) is 1.68. The number of carbonyl (C=O) groups excluding carboxylic acids is 1. The first-order valence-electron chi connectivity index (χ1n) is 9.20. The normalized spacial score (nSPS) is 10.8. The third kappa shape index (κ3) is 4.26. The van der Waals surface area contributed by atoms with Crippen LogP contribution in [0.1, 0.15) is 23.1 Å². The van der Waals surface area contributed by atoms with E-state index in [4.69, 9.17) is 14.2 Å². The summed E-state index contributed by atoms with van der Waals surface area (Å²) < 4.78 is 18.1. The van der Waals surface area contributed by atoms with Gasteiger partial charge >= 0.3 is 0 Å². The second kappa shape index (κ2) is 9.23. The lowest BCUT2D eigenvalue weighted by Gasteiger charge is -2.11. The van der Waals surface area contributed by atoms with Crippen LogP contribution in [0.25, 0.3) is 11.0 Å². The Hall–Kier alpha value is -3.06. The fourth-order valence-corrected chi connectivity index (χ4v) is 3.05. The first kappa shape index (κ1) is 19.7. The number of imidazole rings is 1. The molecule has 3 rings (SSSR count). The summed E-state index contributed by atoms with van der Waals surface area (Å²) in [4.78, 5) is 17.3. The number of benzene rings is 2. The Bertz CT molecular complexity index is 952. The predicted molar refractivity (Wildman–Crippen MR) is 107 cm³/mol. The third-order valence-electron chi connectivity index (χ3n) is 4.45. The van der Waals surface area contributed by atoms with Gasteiger partial charge in [0.25, 0.3) is 5.91 Å². The van der Waals surface area contributed by atoms with Crippen LogP contribution in [0.15, 0.2) is 42.5 Å². The van der Waals surface area contributed by atoms with Gasteiger partial charge in [-0.2, -0.15) is 0 Å². The van der Waals surface area contributed by atoms with Crippen LogP contribution < -0.4 is 14.8 Å². The lowest BCUT2D eigenvalue weighted by molar-refractivity contribution is 0.0948. The average Bonchev–Trinajstić information content (AvgIpc) is 3.09. The van der Waals surface area contributed by atoms with Crippen LogP contribution in [0.4, 0.5) is 0 Å². The molecule has 0 radical (unpaired) electrons. The van der Waals surface area contributed by atoms with Crippen LogP contribution in [0.5, 0.6) is 11.5 Å². The van der Waals surface area contributed by atoms with E-state index in [0.29, 0.717) is 43.4 Å². The molecule has 0 saturated heterocycles. The number of ether oxygens (including phenoxy) is 3. The van der Waals surface area contributed by atoms with Gasteiger partial charge in [0.15, 0.2) is 11.5 Å². The molecule has 148 valence electrons. The lowest BCUT2D eigenvalue weighted by atomic mass is 10.2. The van der Waals surface area contributed by atoms with E-state index in [2.05, 4.69) is 14.9 Å². The molecule has 0 saturated carbocycles. The van der Waals surface area contributed by atoms with Crippen molar-refractivity contribution in [3.8, 4) is 11.5 Å². The molecule has 1 aromatic heterocycles. The standard InChI is InChI=1S/C21H25N3O4/c1-4-28-12-11-24-17-8-6-5-7-16(17)23-20(24)14-22-21(25)15-9-10-18(26-2)19(13-15)27-3/h5-10,13H,4,11-12,14H2,1-3H3,(H,22,25). The Labute approximate surface area is 164 Å². The summed E-state index contributed by atoms with van der Waals surface area (Å²) in [5, 5.41) is 2.94. The minimum atomic E-state index is -0.204. The van der Waals surface area contributed by atoms with Crippen LogP contribution in [0.2, 0.25) is 0 Å². The van der Waals surface area contributed by atoms with Crippen LogP contribution in [-0.4, -0.2) is 42.9 Å². The number of para-hydroxylation sites is 2. The highest BCUT2D eigenvalue weighted by Gasteiger charge is 2.14. The number of methoxy groups -OCH3 is 2. The van der Waals surface area contributed by atoms with Crippen molar-refractivity contribution in [2.75, 3.05) is 27.4 Å². The molecule has 0 atom stereocenters.